The lowest BCUT2D eigenvalue weighted by molar-refractivity contribution is -0.150. The summed E-state index contributed by atoms with van der Waals surface area (Å²) in [7, 11) is 0. The van der Waals surface area contributed by atoms with Gasteiger partial charge in [-0.25, -0.2) is 9.78 Å². The summed E-state index contributed by atoms with van der Waals surface area (Å²) in [4.78, 5) is 67.4. The molecule has 1 aliphatic heterocycles. The van der Waals surface area contributed by atoms with Crippen molar-refractivity contribution < 1.29 is 28.7 Å². The van der Waals surface area contributed by atoms with Gasteiger partial charge >= 0.3 is 5.97 Å². The Hall–Kier alpha value is -3.38. The lowest BCUT2D eigenvalue weighted by atomic mass is 10.1. The van der Waals surface area contributed by atoms with Gasteiger partial charge in [-0.2, -0.15) is 0 Å². The molecule has 0 spiro atoms. The highest BCUT2D eigenvalue weighted by atomic mass is 32.2. The molecule has 0 saturated carbocycles. The maximum atomic E-state index is 13.1. The Morgan fingerprint density at radius 1 is 1.18 bits per heavy atom. The van der Waals surface area contributed by atoms with E-state index in [1.165, 1.54) is 30.0 Å². The van der Waals surface area contributed by atoms with Gasteiger partial charge in [0.05, 0.1) is 18.7 Å². The molecular weight excluding hydrogens is 528 g/mol. The number of pyridine rings is 1. The second kappa shape index (κ2) is 15.8. The van der Waals surface area contributed by atoms with Crippen molar-refractivity contribution in [3.8, 4) is 0 Å². The highest BCUT2D eigenvalue weighted by Gasteiger charge is 2.26. The Labute approximate surface area is 230 Å². The van der Waals surface area contributed by atoms with Crippen LogP contribution in [0.2, 0.25) is 0 Å². The number of carbonyl (C=O) groups is 5. The molecule has 2 rings (SSSR count). The molecule has 2 atom stereocenters. The van der Waals surface area contributed by atoms with Gasteiger partial charge in [0.25, 0.3) is 11.8 Å². The molecule has 1 unspecified atom stereocenters. The number of nitrogens with zero attached hydrogens (tertiary/aromatic N) is 1. The zero-order valence-corrected chi connectivity index (χ0v) is 23.4. The first kappa shape index (κ1) is 30.8. The third-order valence-electron chi connectivity index (χ3n) is 5.14. The van der Waals surface area contributed by atoms with Crippen LogP contribution in [0.5, 0.6) is 0 Å². The van der Waals surface area contributed by atoms with Crippen molar-refractivity contribution in [2.24, 2.45) is 0 Å². The smallest absolute Gasteiger partial charge is 0.333 e. The Kier molecular flexibility index (Phi) is 12.8. The number of nitrogens with one attached hydrogen (secondary N) is 3. The van der Waals surface area contributed by atoms with Crippen LogP contribution in [0.3, 0.4) is 0 Å². The van der Waals surface area contributed by atoms with E-state index < -0.39 is 35.8 Å². The van der Waals surface area contributed by atoms with Crippen molar-refractivity contribution in [1.29, 1.82) is 0 Å². The van der Waals surface area contributed by atoms with Crippen LogP contribution in [0.25, 0.3) is 0 Å². The molecule has 0 aromatic carbocycles. The first-order valence-corrected chi connectivity index (χ1v) is 14.1. The molecule has 2 heterocycles. The second-order valence-corrected chi connectivity index (χ2v) is 10.1. The molecule has 3 N–H and O–H groups in total. The lowest BCUT2D eigenvalue weighted by Crippen LogP contribution is -2.45. The summed E-state index contributed by atoms with van der Waals surface area (Å²) in [6, 6.07) is 2.10. The van der Waals surface area contributed by atoms with Gasteiger partial charge in [-0.15, -0.1) is 11.8 Å². The summed E-state index contributed by atoms with van der Waals surface area (Å²) < 4.78 is 5.62. The van der Waals surface area contributed by atoms with E-state index in [1.807, 2.05) is 6.26 Å². The standard InChI is InChI=1S/C26H32N4O6S2/c1-5-18-24(33)30-20(12-16(2)3)26(35)36-17(8-6-7-11-38-15-31)13-23(32)27-14-21-22(37-4)10-9-19(28-21)25(34)29-18/h5-6,8-10,12,15,17,20H,7,11,13-14H2,1-4H3,(H,27,32)(H,29,34)(H,30,33)/b8-6+,18-5-/t17-,20?/m1/s1. The number of cyclic esters (lactones) is 1. The maximum Gasteiger partial charge on any atom is 0.333 e. The number of thioether (sulfide) groups is 2. The van der Waals surface area contributed by atoms with E-state index in [9.17, 15) is 24.0 Å². The number of allylic oxidation sites excluding steroid dienone is 3. The van der Waals surface area contributed by atoms with E-state index in [1.54, 1.807) is 39.0 Å². The molecule has 3 amide bonds. The van der Waals surface area contributed by atoms with Gasteiger partial charge in [-0.1, -0.05) is 35.6 Å². The van der Waals surface area contributed by atoms with Crippen LogP contribution in [0.4, 0.5) is 0 Å². The first-order chi connectivity index (χ1) is 18.2. The van der Waals surface area contributed by atoms with Crippen molar-refractivity contribution >= 4 is 52.8 Å². The fourth-order valence-electron chi connectivity index (χ4n) is 3.34. The summed E-state index contributed by atoms with van der Waals surface area (Å²) in [6.07, 6.45) is 7.56. The van der Waals surface area contributed by atoms with Crippen LogP contribution < -0.4 is 16.0 Å². The minimum Gasteiger partial charge on any atom is -0.456 e. The van der Waals surface area contributed by atoms with Crippen molar-refractivity contribution in [3.05, 3.63) is 59.1 Å². The van der Waals surface area contributed by atoms with E-state index in [0.717, 1.165) is 27.8 Å². The minimum atomic E-state index is -1.16. The zero-order chi connectivity index (χ0) is 28.1. The van der Waals surface area contributed by atoms with Gasteiger partial charge in [0, 0.05) is 10.6 Å². The predicted octanol–water partition coefficient (Wildman–Crippen LogP) is 2.69. The fourth-order valence-corrected chi connectivity index (χ4v) is 4.26. The number of amides is 3. The molecule has 0 aliphatic carbocycles. The van der Waals surface area contributed by atoms with Gasteiger partial charge in [-0.05, 0) is 51.7 Å². The number of fused-ring (bicyclic) bond motifs is 2. The average molecular weight is 561 g/mol. The molecule has 0 saturated heterocycles. The van der Waals surface area contributed by atoms with Crippen molar-refractivity contribution in [2.75, 3.05) is 12.0 Å². The Morgan fingerprint density at radius 2 is 1.95 bits per heavy atom. The van der Waals surface area contributed by atoms with Gasteiger partial charge in [0.2, 0.25) is 5.91 Å². The second-order valence-electron chi connectivity index (χ2n) is 8.34. The maximum absolute atomic E-state index is 13.1. The largest absolute Gasteiger partial charge is 0.456 e. The lowest BCUT2D eigenvalue weighted by Gasteiger charge is -2.21. The number of hydrogen-bond donors (Lipinski definition) is 3. The van der Waals surface area contributed by atoms with Crippen molar-refractivity contribution in [2.45, 2.75) is 57.2 Å². The molecule has 2 bridgehead atoms. The van der Waals surface area contributed by atoms with E-state index >= 15 is 0 Å². The summed E-state index contributed by atoms with van der Waals surface area (Å²) in [5, 5.41) is 7.89. The number of carbonyl (C=O) groups excluding carboxylic acids is 5. The van der Waals surface area contributed by atoms with Crippen LogP contribution in [0, 0.1) is 0 Å². The highest BCUT2D eigenvalue weighted by Crippen LogP contribution is 2.19. The molecule has 0 fully saturated rings. The summed E-state index contributed by atoms with van der Waals surface area (Å²) in [5.41, 5.74) is 1.98. The Balaban J connectivity index is 2.45. The van der Waals surface area contributed by atoms with Crippen molar-refractivity contribution in [1.82, 2.24) is 20.9 Å². The molecule has 12 heteroatoms. The molecule has 1 aliphatic rings. The number of ether oxygens (including phenoxy) is 1. The molecule has 38 heavy (non-hydrogen) atoms. The zero-order valence-electron chi connectivity index (χ0n) is 21.7. The number of rotatable bonds is 7. The number of hydrogen-bond acceptors (Lipinski definition) is 9. The molecule has 10 nitrogen and oxygen atoms in total. The summed E-state index contributed by atoms with van der Waals surface area (Å²) in [5.74, 6) is -1.93. The third kappa shape index (κ3) is 9.82. The van der Waals surface area contributed by atoms with Crippen LogP contribution in [0.15, 0.2) is 52.6 Å². The van der Waals surface area contributed by atoms with E-state index in [-0.39, 0.29) is 24.4 Å². The molecule has 1 aromatic heterocycles. The first-order valence-electron chi connectivity index (χ1n) is 11.8. The number of aromatic nitrogens is 1. The van der Waals surface area contributed by atoms with E-state index in [0.29, 0.717) is 17.9 Å². The van der Waals surface area contributed by atoms with Crippen LogP contribution in [0.1, 0.15) is 49.8 Å². The third-order valence-corrected chi connectivity index (χ3v) is 6.55. The molecule has 204 valence electrons. The van der Waals surface area contributed by atoms with Crippen molar-refractivity contribution in [3.63, 3.8) is 0 Å². The average Bonchev–Trinajstić information content (AvgIpc) is 2.88. The normalized spacial score (nSPS) is 20.4. The van der Waals surface area contributed by atoms with Gasteiger partial charge < -0.3 is 20.7 Å². The highest BCUT2D eigenvalue weighted by molar-refractivity contribution is 8.11. The molecular formula is C26H32N4O6S2. The topological polar surface area (TPSA) is 144 Å². The predicted molar refractivity (Wildman–Crippen MR) is 148 cm³/mol. The minimum absolute atomic E-state index is 0.0494. The monoisotopic (exact) mass is 560 g/mol. The Morgan fingerprint density at radius 3 is 2.61 bits per heavy atom. The fraction of sp³-hybridized carbons (Fsp3) is 0.385. The quantitative estimate of drug-likeness (QED) is 0.114. The van der Waals surface area contributed by atoms with E-state index in [4.69, 9.17) is 4.74 Å². The van der Waals surface area contributed by atoms with Crippen LogP contribution in [-0.2, 0) is 30.5 Å². The summed E-state index contributed by atoms with van der Waals surface area (Å²) in [6.45, 7) is 5.15. The van der Waals surface area contributed by atoms with Gasteiger partial charge in [-0.3, -0.25) is 19.2 Å². The van der Waals surface area contributed by atoms with Crippen LogP contribution in [-0.4, -0.2) is 58.4 Å². The molecule has 0 radical (unpaired) electrons. The SMILES string of the molecule is C/C=C1\NC(=O)c2ccc(SC)c(n2)CNC(=O)C[C@@H](/C=C/CCSC=O)OC(=O)C(C=C(C)C)NC1=O. The number of esters is 1. The van der Waals surface area contributed by atoms with Gasteiger partial charge in [0.15, 0.2) is 5.62 Å². The summed E-state index contributed by atoms with van der Waals surface area (Å²) >= 11 is 2.52. The molecule has 1 aromatic rings. The van der Waals surface area contributed by atoms with Gasteiger partial charge in [0.1, 0.15) is 23.5 Å². The van der Waals surface area contributed by atoms with Crippen LogP contribution >= 0.6 is 23.5 Å². The van der Waals surface area contributed by atoms with E-state index in [2.05, 4.69) is 20.9 Å². The Bertz CT molecular complexity index is 1140.